The van der Waals surface area contributed by atoms with Gasteiger partial charge in [-0.15, -0.1) is 0 Å². The van der Waals surface area contributed by atoms with Crippen LogP contribution in [0, 0.1) is 0 Å². The maximum Gasteiger partial charge on any atom is 0.325 e. The van der Waals surface area contributed by atoms with Crippen LogP contribution in [0.5, 0.6) is 0 Å². The molecular weight excluding hydrogens is 268 g/mol. The molecule has 0 heterocycles. The van der Waals surface area contributed by atoms with Gasteiger partial charge in [-0.25, -0.2) is 0 Å². The largest absolute Gasteiger partial charge is 0.462 e. The van der Waals surface area contributed by atoms with E-state index >= 15 is 0 Å². The van der Waals surface area contributed by atoms with Gasteiger partial charge in [0.25, 0.3) is 0 Å². The molecule has 0 rings (SSSR count). The first-order chi connectivity index (χ1) is 8.54. The molecule has 0 unspecified atom stereocenters. The number of hydrogen-bond donors (Lipinski definition) is 3. The van der Waals surface area contributed by atoms with Gasteiger partial charge in [0.1, 0.15) is 12.6 Å². The first-order valence-corrected chi connectivity index (χ1v) is 6.45. The highest BCUT2D eigenvalue weighted by molar-refractivity contribution is 7.81. The Balaban J connectivity index is 4.50. The summed E-state index contributed by atoms with van der Waals surface area (Å²) in [5.41, 5.74) is 0. The van der Waals surface area contributed by atoms with Crippen molar-refractivity contribution in [1.29, 1.82) is 0 Å². The monoisotopic (exact) mass is 290 g/mol. The van der Waals surface area contributed by atoms with Gasteiger partial charge in [-0.2, -0.15) is 12.6 Å². The summed E-state index contributed by atoms with van der Waals surface area (Å²) >= 11 is 4.27. The summed E-state index contributed by atoms with van der Waals surface area (Å²) in [5.74, 6) is -1.34. The van der Waals surface area contributed by atoms with E-state index in [9.17, 15) is 14.4 Å². The predicted molar refractivity (Wildman–Crippen MR) is 74.9 cm³/mol. The molecule has 0 radical (unpaired) electrons. The summed E-state index contributed by atoms with van der Waals surface area (Å²) in [7, 11) is 0. The van der Waals surface area contributed by atoms with E-state index < -0.39 is 22.7 Å². The summed E-state index contributed by atoms with van der Waals surface area (Å²) in [6, 6.07) is -0.833. The molecule has 6 nitrogen and oxygen atoms in total. The number of rotatable bonds is 6. The Labute approximate surface area is 119 Å². The molecule has 2 amide bonds. The zero-order chi connectivity index (χ0) is 15.2. The SMILES string of the molecule is CC(=O)N[C@H](C(=O)NCC(=O)OC(C)C)C(C)(C)S. The van der Waals surface area contributed by atoms with Crippen molar-refractivity contribution in [2.45, 2.75) is 51.5 Å². The number of thiol groups is 1. The fraction of sp³-hybridized carbons (Fsp3) is 0.750. The molecule has 0 fully saturated rings. The third kappa shape index (κ3) is 7.71. The van der Waals surface area contributed by atoms with Gasteiger partial charge in [0.05, 0.1) is 6.10 Å². The minimum absolute atomic E-state index is 0.239. The summed E-state index contributed by atoms with van der Waals surface area (Å²) < 4.78 is 4.13. The van der Waals surface area contributed by atoms with Gasteiger partial charge in [0.15, 0.2) is 0 Å². The van der Waals surface area contributed by atoms with Crippen LogP contribution >= 0.6 is 12.6 Å². The van der Waals surface area contributed by atoms with Crippen LogP contribution < -0.4 is 10.6 Å². The normalized spacial score (nSPS) is 12.8. The highest BCUT2D eigenvalue weighted by Crippen LogP contribution is 2.17. The van der Waals surface area contributed by atoms with Gasteiger partial charge >= 0.3 is 5.97 Å². The summed E-state index contributed by atoms with van der Waals surface area (Å²) in [5, 5.41) is 4.93. The van der Waals surface area contributed by atoms with E-state index in [0.29, 0.717) is 0 Å². The van der Waals surface area contributed by atoms with Gasteiger partial charge in [0.2, 0.25) is 11.8 Å². The topological polar surface area (TPSA) is 84.5 Å². The number of amides is 2. The predicted octanol–water partition coefficient (Wildman–Crippen LogP) is 0.267. The van der Waals surface area contributed by atoms with Crippen LogP contribution in [0.1, 0.15) is 34.6 Å². The third-order valence-corrected chi connectivity index (χ3v) is 2.35. The molecule has 0 aromatic heterocycles. The van der Waals surface area contributed by atoms with E-state index in [4.69, 9.17) is 4.74 Å². The minimum atomic E-state index is -0.833. The van der Waals surface area contributed by atoms with Crippen LogP contribution in [0.25, 0.3) is 0 Å². The van der Waals surface area contributed by atoms with Crippen molar-refractivity contribution in [2.75, 3.05) is 6.54 Å². The molecule has 0 aliphatic rings. The Morgan fingerprint density at radius 2 is 1.79 bits per heavy atom. The molecule has 7 heteroatoms. The molecule has 19 heavy (non-hydrogen) atoms. The summed E-state index contributed by atoms with van der Waals surface area (Å²) in [6.45, 7) is 7.91. The number of nitrogens with one attached hydrogen (secondary N) is 2. The van der Waals surface area contributed by atoms with Crippen molar-refractivity contribution < 1.29 is 19.1 Å². The molecule has 0 bridgehead atoms. The first-order valence-electron chi connectivity index (χ1n) is 6.00. The lowest BCUT2D eigenvalue weighted by Gasteiger charge is -2.28. The second kappa shape index (κ2) is 7.37. The molecule has 0 saturated heterocycles. The number of hydrogen-bond acceptors (Lipinski definition) is 5. The zero-order valence-corrected chi connectivity index (χ0v) is 12.8. The van der Waals surface area contributed by atoms with Crippen molar-refractivity contribution in [1.82, 2.24) is 10.6 Å². The lowest BCUT2D eigenvalue weighted by molar-refractivity contribution is -0.147. The molecule has 110 valence electrons. The zero-order valence-electron chi connectivity index (χ0n) is 11.9. The van der Waals surface area contributed by atoms with Crippen LogP contribution in [0.4, 0.5) is 0 Å². The molecule has 1 atom stereocenters. The van der Waals surface area contributed by atoms with Crippen LogP contribution in [-0.4, -0.2) is 41.2 Å². The van der Waals surface area contributed by atoms with Gasteiger partial charge in [-0.1, -0.05) is 0 Å². The lowest BCUT2D eigenvalue weighted by atomic mass is 10.0. The number of esters is 1. The molecule has 0 saturated carbocycles. The fourth-order valence-corrected chi connectivity index (χ4v) is 1.51. The molecule has 0 aromatic carbocycles. The van der Waals surface area contributed by atoms with Crippen molar-refractivity contribution in [2.24, 2.45) is 0 Å². The van der Waals surface area contributed by atoms with Crippen LogP contribution in [0.15, 0.2) is 0 Å². The van der Waals surface area contributed by atoms with E-state index in [2.05, 4.69) is 23.3 Å². The van der Waals surface area contributed by atoms with Crippen molar-refractivity contribution in [3.05, 3.63) is 0 Å². The Bertz CT molecular complexity index is 350. The van der Waals surface area contributed by atoms with E-state index in [1.54, 1.807) is 27.7 Å². The second-order valence-corrected chi connectivity index (χ2v) is 6.20. The Morgan fingerprint density at radius 1 is 1.26 bits per heavy atom. The van der Waals surface area contributed by atoms with E-state index in [1.807, 2.05) is 0 Å². The van der Waals surface area contributed by atoms with Gasteiger partial charge in [-0.3, -0.25) is 14.4 Å². The Kier molecular flexibility index (Phi) is 6.89. The maximum atomic E-state index is 11.9. The molecule has 0 spiro atoms. The van der Waals surface area contributed by atoms with Crippen molar-refractivity contribution >= 4 is 30.4 Å². The standard InChI is InChI=1S/C12H22N2O4S/c1-7(2)18-9(16)6-13-11(17)10(12(4,5)19)14-8(3)15/h7,10,19H,6H2,1-5H3,(H,13,17)(H,14,15)/t10-/m1/s1. The number of carbonyl (C=O) groups is 3. The molecule has 0 aromatic rings. The van der Waals surface area contributed by atoms with Crippen molar-refractivity contribution in [3.63, 3.8) is 0 Å². The second-order valence-electron chi connectivity index (χ2n) is 5.04. The number of carbonyl (C=O) groups excluding carboxylic acids is 3. The Hall–Kier alpha value is -1.24. The van der Waals surface area contributed by atoms with Crippen LogP contribution in [0.2, 0.25) is 0 Å². The smallest absolute Gasteiger partial charge is 0.325 e. The van der Waals surface area contributed by atoms with Crippen molar-refractivity contribution in [3.8, 4) is 0 Å². The first kappa shape index (κ1) is 17.8. The summed E-state index contributed by atoms with van der Waals surface area (Å²) in [4.78, 5) is 34.3. The molecule has 0 aliphatic heterocycles. The fourth-order valence-electron chi connectivity index (χ4n) is 1.33. The maximum absolute atomic E-state index is 11.9. The molecular formula is C12H22N2O4S. The quantitative estimate of drug-likeness (QED) is 0.484. The molecule has 2 N–H and O–H groups in total. The van der Waals surface area contributed by atoms with E-state index in [0.717, 1.165) is 0 Å². The van der Waals surface area contributed by atoms with Gasteiger partial charge < -0.3 is 15.4 Å². The highest BCUT2D eigenvalue weighted by atomic mass is 32.1. The van der Waals surface area contributed by atoms with E-state index in [-0.39, 0.29) is 18.6 Å². The van der Waals surface area contributed by atoms with Crippen LogP contribution in [0.3, 0.4) is 0 Å². The summed E-state index contributed by atoms with van der Waals surface area (Å²) in [6.07, 6.45) is -0.239. The minimum Gasteiger partial charge on any atom is -0.462 e. The van der Waals surface area contributed by atoms with Crippen LogP contribution in [-0.2, 0) is 19.1 Å². The Morgan fingerprint density at radius 3 is 2.16 bits per heavy atom. The third-order valence-electron chi connectivity index (χ3n) is 2.09. The average Bonchev–Trinajstić information content (AvgIpc) is 2.19. The highest BCUT2D eigenvalue weighted by Gasteiger charge is 2.33. The van der Waals surface area contributed by atoms with Gasteiger partial charge in [-0.05, 0) is 27.7 Å². The van der Waals surface area contributed by atoms with Gasteiger partial charge in [0, 0.05) is 11.7 Å². The van der Waals surface area contributed by atoms with E-state index in [1.165, 1.54) is 6.92 Å². The average molecular weight is 290 g/mol. The lowest BCUT2D eigenvalue weighted by Crippen LogP contribution is -2.55. The molecule has 0 aliphatic carbocycles. The number of ether oxygens (including phenoxy) is 1.